The molecule has 0 unspecified atom stereocenters. The van der Waals surface area contributed by atoms with Crippen LogP contribution in [0.4, 0.5) is 0 Å². The second-order valence-electron chi connectivity index (χ2n) is 3.30. The molecule has 1 aliphatic rings. The highest BCUT2D eigenvalue weighted by Gasteiger charge is 2.50. The minimum atomic E-state index is -1.49. The monoisotopic (exact) mass is 184 g/mol. The van der Waals surface area contributed by atoms with Crippen LogP contribution < -0.4 is 0 Å². The third-order valence-corrected chi connectivity index (χ3v) is 1.72. The molecule has 1 heterocycles. The Morgan fingerprint density at radius 3 is 2.46 bits per heavy atom. The van der Waals surface area contributed by atoms with Crippen molar-refractivity contribution in [2.45, 2.75) is 32.2 Å². The van der Waals surface area contributed by atoms with Crippen LogP contribution in [-0.2, 0) is 14.3 Å². The second kappa shape index (κ2) is 3.02. The lowest BCUT2D eigenvalue weighted by molar-refractivity contribution is -0.175. The van der Waals surface area contributed by atoms with Crippen LogP contribution in [-0.4, -0.2) is 29.1 Å². The fraction of sp³-hybridized carbons (Fsp3) is 0.667. The molecule has 1 aliphatic heterocycles. The highest BCUT2D eigenvalue weighted by molar-refractivity contribution is 5.82. The maximum Gasteiger partial charge on any atom is 0.351 e. The molecular formula is C9H12O4. The third kappa shape index (κ3) is 1.82. The molecular weight excluding hydrogens is 172 g/mol. The van der Waals surface area contributed by atoms with E-state index in [2.05, 4.69) is 11.8 Å². The maximum atomic E-state index is 10.9. The Bertz CT molecular complexity index is 284. The average molecular weight is 184 g/mol. The summed E-state index contributed by atoms with van der Waals surface area (Å²) in [5.41, 5.74) is -1.49. The fourth-order valence-corrected chi connectivity index (χ4v) is 1.18. The Hall–Kier alpha value is -1.05. The Morgan fingerprint density at radius 1 is 1.54 bits per heavy atom. The van der Waals surface area contributed by atoms with Crippen molar-refractivity contribution in [2.24, 2.45) is 0 Å². The van der Waals surface area contributed by atoms with Gasteiger partial charge in [0.1, 0.15) is 6.61 Å². The summed E-state index contributed by atoms with van der Waals surface area (Å²) in [6.45, 7) is 4.86. The van der Waals surface area contributed by atoms with E-state index in [0.717, 1.165) is 0 Å². The van der Waals surface area contributed by atoms with E-state index in [1.165, 1.54) is 0 Å². The van der Waals surface area contributed by atoms with E-state index in [1.54, 1.807) is 20.8 Å². The standard InChI is InChI=1S/C9H12O4/c1-4-5-9(7(10)11)6-12-8(2,3)13-9/h6H2,1-3H3,(H,10,11)/t9-/m1/s1. The summed E-state index contributed by atoms with van der Waals surface area (Å²) in [6, 6.07) is 0. The maximum absolute atomic E-state index is 10.9. The van der Waals surface area contributed by atoms with Crippen molar-refractivity contribution in [3.8, 4) is 11.8 Å². The van der Waals surface area contributed by atoms with Gasteiger partial charge in [-0.3, -0.25) is 0 Å². The number of carboxylic acid groups (broad SMARTS) is 1. The first kappa shape index (κ1) is 10.0. The van der Waals surface area contributed by atoms with Gasteiger partial charge in [0.25, 0.3) is 5.60 Å². The van der Waals surface area contributed by atoms with Gasteiger partial charge in [0.2, 0.25) is 0 Å². The molecule has 4 nitrogen and oxygen atoms in total. The van der Waals surface area contributed by atoms with Crippen molar-refractivity contribution < 1.29 is 19.4 Å². The SMILES string of the molecule is CC#C[C@]1(C(=O)O)COC(C)(C)O1. The van der Waals surface area contributed by atoms with Crippen LogP contribution in [0.25, 0.3) is 0 Å². The molecule has 0 aromatic rings. The summed E-state index contributed by atoms with van der Waals surface area (Å²) < 4.78 is 10.4. The van der Waals surface area contributed by atoms with Crippen molar-refractivity contribution in [1.82, 2.24) is 0 Å². The highest BCUT2D eigenvalue weighted by atomic mass is 16.8. The zero-order valence-electron chi connectivity index (χ0n) is 7.88. The summed E-state index contributed by atoms with van der Waals surface area (Å²) in [5.74, 6) is 3.07. The summed E-state index contributed by atoms with van der Waals surface area (Å²) in [7, 11) is 0. The van der Waals surface area contributed by atoms with E-state index in [0.29, 0.717) is 0 Å². The molecule has 0 saturated carbocycles. The van der Waals surface area contributed by atoms with E-state index in [4.69, 9.17) is 14.6 Å². The number of carbonyl (C=O) groups is 1. The van der Waals surface area contributed by atoms with Gasteiger partial charge in [-0.25, -0.2) is 4.79 Å². The van der Waals surface area contributed by atoms with E-state index in [9.17, 15) is 4.79 Å². The van der Waals surface area contributed by atoms with Gasteiger partial charge in [-0.1, -0.05) is 5.92 Å². The molecule has 1 saturated heterocycles. The summed E-state index contributed by atoms with van der Waals surface area (Å²) in [4.78, 5) is 10.9. The smallest absolute Gasteiger partial charge is 0.351 e. The molecule has 4 heteroatoms. The van der Waals surface area contributed by atoms with Gasteiger partial charge in [0, 0.05) is 0 Å². The molecule has 0 radical (unpaired) electrons. The molecule has 0 aliphatic carbocycles. The van der Waals surface area contributed by atoms with Crippen molar-refractivity contribution in [1.29, 1.82) is 0 Å². The van der Waals surface area contributed by atoms with E-state index in [1.807, 2.05) is 0 Å². The van der Waals surface area contributed by atoms with Gasteiger partial charge >= 0.3 is 5.97 Å². The Kier molecular flexibility index (Phi) is 2.33. The van der Waals surface area contributed by atoms with Gasteiger partial charge in [-0.15, -0.1) is 5.92 Å². The fourth-order valence-electron chi connectivity index (χ4n) is 1.18. The number of ether oxygens (including phenoxy) is 2. The molecule has 1 rings (SSSR count). The van der Waals surface area contributed by atoms with Crippen LogP contribution in [0.5, 0.6) is 0 Å². The molecule has 13 heavy (non-hydrogen) atoms. The highest BCUT2D eigenvalue weighted by Crippen LogP contribution is 2.30. The van der Waals surface area contributed by atoms with Gasteiger partial charge < -0.3 is 14.6 Å². The number of carboxylic acids is 1. The number of hydrogen-bond acceptors (Lipinski definition) is 3. The number of rotatable bonds is 1. The van der Waals surface area contributed by atoms with Crippen LogP contribution in [0, 0.1) is 11.8 Å². The lowest BCUT2D eigenvalue weighted by Crippen LogP contribution is -2.41. The number of hydrogen-bond donors (Lipinski definition) is 1. The zero-order chi connectivity index (χ0) is 10.1. The lowest BCUT2D eigenvalue weighted by atomic mass is 10.1. The Balaban J connectivity index is 2.95. The van der Waals surface area contributed by atoms with Gasteiger partial charge in [-0.05, 0) is 20.8 Å². The summed E-state index contributed by atoms with van der Waals surface area (Å²) in [6.07, 6.45) is 0. The molecule has 1 atom stereocenters. The van der Waals surface area contributed by atoms with Crippen molar-refractivity contribution in [2.75, 3.05) is 6.61 Å². The third-order valence-electron chi connectivity index (χ3n) is 1.72. The molecule has 0 aromatic heterocycles. The van der Waals surface area contributed by atoms with Gasteiger partial charge in [-0.2, -0.15) is 0 Å². The van der Waals surface area contributed by atoms with Crippen LogP contribution in [0.1, 0.15) is 20.8 Å². The van der Waals surface area contributed by atoms with Crippen molar-refractivity contribution >= 4 is 5.97 Å². The molecule has 0 aromatic carbocycles. The first-order chi connectivity index (χ1) is 5.92. The van der Waals surface area contributed by atoms with E-state index in [-0.39, 0.29) is 6.61 Å². The first-order valence-corrected chi connectivity index (χ1v) is 3.93. The van der Waals surface area contributed by atoms with Crippen LogP contribution in [0.3, 0.4) is 0 Å². The second-order valence-corrected chi connectivity index (χ2v) is 3.30. The van der Waals surface area contributed by atoms with Crippen LogP contribution in [0.2, 0.25) is 0 Å². The van der Waals surface area contributed by atoms with Crippen molar-refractivity contribution in [3.63, 3.8) is 0 Å². The van der Waals surface area contributed by atoms with E-state index >= 15 is 0 Å². The first-order valence-electron chi connectivity index (χ1n) is 3.93. The lowest BCUT2D eigenvalue weighted by Gasteiger charge is -2.19. The molecule has 1 fully saturated rings. The van der Waals surface area contributed by atoms with Crippen LogP contribution in [0.15, 0.2) is 0 Å². The van der Waals surface area contributed by atoms with Crippen LogP contribution >= 0.6 is 0 Å². The van der Waals surface area contributed by atoms with Crippen molar-refractivity contribution in [3.05, 3.63) is 0 Å². The quantitative estimate of drug-likeness (QED) is 0.607. The minimum absolute atomic E-state index is 0.0316. The number of aliphatic carboxylic acids is 1. The predicted octanol–water partition coefficient (Wildman–Crippen LogP) is 0.616. The van der Waals surface area contributed by atoms with Gasteiger partial charge in [0.15, 0.2) is 5.79 Å². The summed E-state index contributed by atoms with van der Waals surface area (Å²) >= 11 is 0. The molecule has 0 bridgehead atoms. The topological polar surface area (TPSA) is 55.8 Å². The predicted molar refractivity (Wildman–Crippen MR) is 44.9 cm³/mol. The molecule has 72 valence electrons. The summed E-state index contributed by atoms with van der Waals surface area (Å²) in [5, 5.41) is 8.92. The molecule has 1 N–H and O–H groups in total. The zero-order valence-corrected chi connectivity index (χ0v) is 7.88. The normalized spacial score (nSPS) is 30.7. The Morgan fingerprint density at radius 2 is 2.15 bits per heavy atom. The van der Waals surface area contributed by atoms with E-state index < -0.39 is 17.4 Å². The minimum Gasteiger partial charge on any atom is -0.478 e. The largest absolute Gasteiger partial charge is 0.478 e. The Labute approximate surface area is 76.8 Å². The molecule has 0 amide bonds. The average Bonchev–Trinajstić information content (AvgIpc) is 2.28. The van der Waals surface area contributed by atoms with Gasteiger partial charge in [0.05, 0.1) is 0 Å². The molecule has 0 spiro atoms.